The lowest BCUT2D eigenvalue weighted by atomic mass is 9.84. The number of nitrogens with zero attached hydrogens (tertiary/aromatic N) is 1. The van der Waals surface area contributed by atoms with Crippen LogP contribution in [-0.4, -0.2) is 45.2 Å². The third-order valence-corrected chi connectivity index (χ3v) is 7.44. The Bertz CT molecular complexity index is 938. The minimum absolute atomic E-state index is 0.0747. The zero-order valence-corrected chi connectivity index (χ0v) is 19.1. The fourth-order valence-corrected chi connectivity index (χ4v) is 5.42. The normalized spacial score (nSPS) is 22.3. The van der Waals surface area contributed by atoms with Crippen LogP contribution in [0.4, 0.5) is 0 Å². The second-order valence-electron chi connectivity index (χ2n) is 9.33. The third-order valence-electron chi connectivity index (χ3n) is 7.14. The second kappa shape index (κ2) is 10.2. The number of carbonyl (C=O) groups is 1. The van der Waals surface area contributed by atoms with Crippen LogP contribution in [0, 0.1) is 5.92 Å². The number of rotatable bonds is 7. The number of carbonyl (C=O) groups excluding carboxylic acids is 1. The lowest BCUT2D eigenvalue weighted by Gasteiger charge is -2.29. The summed E-state index contributed by atoms with van der Waals surface area (Å²) in [6.45, 7) is 2.82. The van der Waals surface area contributed by atoms with E-state index in [1.54, 1.807) is 0 Å². The quantitative estimate of drug-likeness (QED) is 0.494. The molecular formula is C26H32ClNO4. The predicted octanol–water partition coefficient (Wildman–Crippen LogP) is 5.25. The van der Waals surface area contributed by atoms with Crippen molar-refractivity contribution in [2.24, 2.45) is 5.92 Å². The van der Waals surface area contributed by atoms with E-state index in [0.29, 0.717) is 18.3 Å². The van der Waals surface area contributed by atoms with E-state index in [1.165, 1.54) is 17.2 Å². The molecule has 6 heteroatoms. The van der Waals surface area contributed by atoms with Crippen LogP contribution in [0.2, 0.25) is 5.02 Å². The molecule has 2 fully saturated rings. The smallest absolute Gasteiger partial charge is 0.166 e. The maximum absolute atomic E-state index is 12.7. The SMILES string of the molecule is O=C(CCC1CCCC1c1ccc(CN2CCC(O)CC2)cc1)c1cc(Cl)c(O)cc1O. The van der Waals surface area contributed by atoms with Crippen molar-refractivity contribution in [1.82, 2.24) is 4.90 Å². The number of piperidine rings is 1. The summed E-state index contributed by atoms with van der Waals surface area (Å²) in [5, 5.41) is 29.3. The number of ketones is 1. The van der Waals surface area contributed by atoms with Crippen molar-refractivity contribution >= 4 is 17.4 Å². The van der Waals surface area contributed by atoms with Crippen molar-refractivity contribution < 1.29 is 20.1 Å². The van der Waals surface area contributed by atoms with Crippen LogP contribution in [0.5, 0.6) is 11.5 Å². The number of phenolic OH excluding ortho intramolecular Hbond substituents is 2. The van der Waals surface area contributed by atoms with E-state index in [9.17, 15) is 20.1 Å². The minimum atomic E-state index is -0.224. The molecule has 0 amide bonds. The summed E-state index contributed by atoms with van der Waals surface area (Å²) in [4.78, 5) is 15.1. The Kier molecular flexibility index (Phi) is 7.39. The molecule has 0 radical (unpaired) electrons. The predicted molar refractivity (Wildman–Crippen MR) is 125 cm³/mol. The summed E-state index contributed by atoms with van der Waals surface area (Å²) in [5.74, 6) is 0.315. The molecule has 0 aromatic heterocycles. The zero-order chi connectivity index (χ0) is 22.7. The van der Waals surface area contributed by atoms with Gasteiger partial charge in [0.2, 0.25) is 0 Å². The summed E-state index contributed by atoms with van der Waals surface area (Å²) in [7, 11) is 0. The van der Waals surface area contributed by atoms with E-state index in [1.807, 2.05) is 0 Å². The van der Waals surface area contributed by atoms with E-state index in [0.717, 1.165) is 64.2 Å². The van der Waals surface area contributed by atoms with Crippen LogP contribution >= 0.6 is 11.6 Å². The molecule has 4 rings (SSSR count). The standard InChI is InChI=1S/C26H32ClNO4/c27-23-14-22(25(31)15-26(23)32)24(30)9-8-18-2-1-3-21(18)19-6-4-17(5-7-19)16-28-12-10-20(29)11-13-28/h4-7,14-15,18,20-21,29,31-32H,1-3,8-13,16H2. The van der Waals surface area contributed by atoms with Gasteiger partial charge in [0.15, 0.2) is 5.78 Å². The Balaban J connectivity index is 1.34. The van der Waals surface area contributed by atoms with E-state index in [-0.39, 0.29) is 34.0 Å². The number of Topliss-reactive ketones (excluding diaryl/α,β-unsaturated/α-hetero) is 1. The van der Waals surface area contributed by atoms with Crippen molar-refractivity contribution in [1.29, 1.82) is 0 Å². The van der Waals surface area contributed by atoms with Crippen LogP contribution < -0.4 is 0 Å². The lowest BCUT2D eigenvalue weighted by Crippen LogP contribution is -2.35. The average molecular weight is 458 g/mol. The fourth-order valence-electron chi connectivity index (χ4n) is 5.25. The van der Waals surface area contributed by atoms with Gasteiger partial charge in [0.25, 0.3) is 0 Å². The number of hydrogen-bond acceptors (Lipinski definition) is 5. The van der Waals surface area contributed by atoms with Crippen molar-refractivity contribution in [2.45, 2.75) is 63.5 Å². The Morgan fingerprint density at radius 1 is 1.00 bits per heavy atom. The minimum Gasteiger partial charge on any atom is -0.507 e. The fraction of sp³-hybridized carbons (Fsp3) is 0.500. The number of aliphatic hydroxyl groups is 1. The van der Waals surface area contributed by atoms with Gasteiger partial charge in [-0.1, -0.05) is 42.3 Å². The van der Waals surface area contributed by atoms with Gasteiger partial charge in [-0.05, 0) is 61.1 Å². The molecule has 5 nitrogen and oxygen atoms in total. The second-order valence-corrected chi connectivity index (χ2v) is 9.74. The summed E-state index contributed by atoms with van der Waals surface area (Å²) >= 11 is 5.91. The number of likely N-dealkylation sites (tertiary alicyclic amines) is 1. The highest BCUT2D eigenvalue weighted by Gasteiger charge is 2.29. The highest BCUT2D eigenvalue weighted by molar-refractivity contribution is 6.32. The molecule has 2 aromatic rings. The first kappa shape index (κ1) is 23.1. The Morgan fingerprint density at radius 2 is 1.72 bits per heavy atom. The monoisotopic (exact) mass is 457 g/mol. The summed E-state index contributed by atoms with van der Waals surface area (Å²) in [5.41, 5.74) is 2.82. The van der Waals surface area contributed by atoms with Gasteiger partial charge >= 0.3 is 0 Å². The molecule has 1 saturated heterocycles. The van der Waals surface area contributed by atoms with Gasteiger partial charge in [-0.3, -0.25) is 9.69 Å². The van der Waals surface area contributed by atoms with E-state index < -0.39 is 0 Å². The van der Waals surface area contributed by atoms with Crippen LogP contribution in [0.1, 0.15) is 72.3 Å². The van der Waals surface area contributed by atoms with Gasteiger partial charge in [-0.15, -0.1) is 0 Å². The Labute approximate surface area is 194 Å². The van der Waals surface area contributed by atoms with Gasteiger partial charge in [-0.2, -0.15) is 0 Å². The molecule has 3 N–H and O–H groups in total. The number of hydrogen-bond donors (Lipinski definition) is 3. The van der Waals surface area contributed by atoms with E-state index in [4.69, 9.17) is 11.6 Å². The molecule has 172 valence electrons. The number of phenols is 2. The number of aliphatic hydroxyl groups excluding tert-OH is 1. The molecule has 2 aromatic carbocycles. The molecule has 1 saturated carbocycles. The largest absolute Gasteiger partial charge is 0.507 e. The number of halogens is 1. The van der Waals surface area contributed by atoms with E-state index >= 15 is 0 Å². The molecule has 1 aliphatic heterocycles. The number of aromatic hydroxyl groups is 2. The highest BCUT2D eigenvalue weighted by Crippen LogP contribution is 2.42. The van der Waals surface area contributed by atoms with Gasteiger partial charge in [0.1, 0.15) is 11.5 Å². The maximum atomic E-state index is 12.7. The molecule has 2 unspecified atom stereocenters. The molecule has 1 heterocycles. The molecule has 2 aliphatic rings. The molecule has 0 spiro atoms. The topological polar surface area (TPSA) is 81.0 Å². The first-order valence-electron chi connectivity index (χ1n) is 11.6. The van der Waals surface area contributed by atoms with Crippen LogP contribution in [0.25, 0.3) is 0 Å². The summed E-state index contributed by atoms with van der Waals surface area (Å²) < 4.78 is 0. The van der Waals surface area contributed by atoms with Gasteiger partial charge in [-0.25, -0.2) is 0 Å². The molecule has 2 atom stereocenters. The van der Waals surface area contributed by atoms with Crippen molar-refractivity contribution in [2.75, 3.05) is 13.1 Å². The van der Waals surface area contributed by atoms with Gasteiger partial charge in [0.05, 0.1) is 16.7 Å². The summed E-state index contributed by atoms with van der Waals surface area (Å²) in [6.07, 6.45) is 6.11. The molecule has 1 aliphatic carbocycles. The first-order valence-corrected chi connectivity index (χ1v) is 12.0. The van der Waals surface area contributed by atoms with Gasteiger partial charge < -0.3 is 15.3 Å². The van der Waals surface area contributed by atoms with Crippen LogP contribution in [-0.2, 0) is 6.54 Å². The molecule has 0 bridgehead atoms. The van der Waals surface area contributed by atoms with Gasteiger partial charge in [0, 0.05) is 32.1 Å². The van der Waals surface area contributed by atoms with E-state index in [2.05, 4.69) is 29.2 Å². The third kappa shape index (κ3) is 5.45. The van der Waals surface area contributed by atoms with Crippen molar-refractivity contribution in [3.05, 3.63) is 58.1 Å². The summed E-state index contributed by atoms with van der Waals surface area (Å²) in [6, 6.07) is 11.4. The lowest BCUT2D eigenvalue weighted by molar-refractivity contribution is 0.0792. The van der Waals surface area contributed by atoms with Crippen molar-refractivity contribution in [3.8, 4) is 11.5 Å². The zero-order valence-electron chi connectivity index (χ0n) is 18.3. The average Bonchev–Trinajstić information content (AvgIpc) is 3.25. The maximum Gasteiger partial charge on any atom is 0.166 e. The Hall–Kier alpha value is -2.08. The molecule has 32 heavy (non-hydrogen) atoms. The first-order chi connectivity index (χ1) is 15.4. The Morgan fingerprint density at radius 3 is 2.44 bits per heavy atom. The van der Waals surface area contributed by atoms with Crippen LogP contribution in [0.15, 0.2) is 36.4 Å². The van der Waals surface area contributed by atoms with Crippen molar-refractivity contribution in [3.63, 3.8) is 0 Å². The molecular weight excluding hydrogens is 426 g/mol. The van der Waals surface area contributed by atoms with Crippen LogP contribution in [0.3, 0.4) is 0 Å². The number of benzene rings is 2. The highest BCUT2D eigenvalue weighted by atomic mass is 35.5.